The average Bonchev–Trinajstić information content (AvgIpc) is 2.69. The van der Waals surface area contributed by atoms with Crippen molar-refractivity contribution in [2.45, 2.75) is 78.6 Å². The van der Waals surface area contributed by atoms with E-state index in [0.29, 0.717) is 5.02 Å². The predicted octanol–water partition coefficient (Wildman–Crippen LogP) is 9.72. The summed E-state index contributed by atoms with van der Waals surface area (Å²) in [6.07, 6.45) is 0. The van der Waals surface area contributed by atoms with Crippen molar-refractivity contribution in [2.24, 2.45) is 0 Å². The minimum absolute atomic E-state index is 0.0103. The Kier molecular flexibility index (Phi) is 6.92. The lowest BCUT2D eigenvalue weighted by Crippen LogP contribution is -2.13. The molecule has 0 saturated carbocycles. The third kappa shape index (κ3) is 6.32. The van der Waals surface area contributed by atoms with Crippen molar-refractivity contribution in [3.63, 3.8) is 0 Å². The molecule has 0 unspecified atom stereocenters. The maximum absolute atomic E-state index is 6.91. The summed E-state index contributed by atoms with van der Waals surface area (Å²) in [6, 6.07) is 21.5. The molecule has 33 heavy (non-hydrogen) atoms. The van der Waals surface area contributed by atoms with Crippen LogP contribution in [0.5, 0.6) is 0 Å². The molecule has 2 nitrogen and oxygen atoms in total. The van der Waals surface area contributed by atoms with Crippen LogP contribution in [0, 0.1) is 0 Å². The summed E-state index contributed by atoms with van der Waals surface area (Å²) in [4.78, 5) is 0. The minimum Gasteiger partial charge on any atom is -0.354 e. The maximum Gasteiger partial charge on any atom is 0.0875 e. The molecule has 3 rings (SSSR count). The molecule has 3 aromatic rings. The standard InChI is InChI=1S/C30H39ClN2/c1-28(2,3)20-10-14-23(15-11-20)32-25-18-22(30(7,8)9)19-26(27(25)31)33-24-16-12-21(13-17-24)29(4,5)6/h10-19,32-33H,1-9H3. The first-order valence-corrected chi connectivity index (χ1v) is 12.1. The van der Waals surface area contributed by atoms with Crippen LogP contribution in [0.2, 0.25) is 5.02 Å². The normalized spacial score (nSPS) is 12.5. The van der Waals surface area contributed by atoms with Gasteiger partial charge in [0, 0.05) is 11.4 Å². The van der Waals surface area contributed by atoms with Gasteiger partial charge in [0.1, 0.15) is 0 Å². The van der Waals surface area contributed by atoms with Crippen molar-refractivity contribution in [1.82, 2.24) is 0 Å². The van der Waals surface area contributed by atoms with Gasteiger partial charge in [-0.05, 0) is 69.3 Å². The summed E-state index contributed by atoms with van der Waals surface area (Å²) in [5.74, 6) is 0. The molecule has 176 valence electrons. The molecule has 0 bridgehead atoms. The van der Waals surface area contributed by atoms with Crippen molar-refractivity contribution in [3.8, 4) is 0 Å². The summed E-state index contributed by atoms with van der Waals surface area (Å²) in [6.45, 7) is 20.0. The summed E-state index contributed by atoms with van der Waals surface area (Å²) < 4.78 is 0. The second-order valence-corrected chi connectivity index (χ2v) is 12.4. The lowest BCUT2D eigenvalue weighted by atomic mass is 9.86. The molecule has 0 saturated heterocycles. The Bertz CT molecular complexity index is 1010. The Hall–Kier alpha value is -2.45. The minimum atomic E-state index is -0.0103. The van der Waals surface area contributed by atoms with E-state index >= 15 is 0 Å². The SMILES string of the molecule is CC(C)(C)c1ccc(Nc2cc(C(C)(C)C)cc(Nc3ccc(C(C)(C)C)cc3)c2Cl)cc1. The molecule has 0 aliphatic rings. The van der Waals surface area contributed by atoms with Crippen molar-refractivity contribution < 1.29 is 0 Å². The molecule has 0 amide bonds. The fourth-order valence-electron chi connectivity index (χ4n) is 3.66. The fraction of sp³-hybridized carbons (Fsp3) is 0.400. The second kappa shape index (κ2) is 9.06. The fourth-order valence-corrected chi connectivity index (χ4v) is 3.86. The first-order chi connectivity index (χ1) is 15.1. The molecule has 0 radical (unpaired) electrons. The zero-order chi connectivity index (χ0) is 24.6. The van der Waals surface area contributed by atoms with Crippen LogP contribution in [0.3, 0.4) is 0 Å². The third-order valence-corrected chi connectivity index (χ3v) is 6.41. The molecule has 0 aliphatic carbocycles. The molecule has 2 N–H and O–H groups in total. The van der Waals surface area contributed by atoms with E-state index in [9.17, 15) is 0 Å². The maximum atomic E-state index is 6.91. The number of rotatable bonds is 4. The van der Waals surface area contributed by atoms with Gasteiger partial charge in [-0.2, -0.15) is 0 Å². The van der Waals surface area contributed by atoms with E-state index in [1.54, 1.807) is 0 Å². The number of nitrogens with one attached hydrogen (secondary N) is 2. The van der Waals surface area contributed by atoms with E-state index in [1.807, 2.05) is 0 Å². The zero-order valence-electron chi connectivity index (χ0n) is 21.7. The zero-order valence-corrected chi connectivity index (χ0v) is 22.4. The summed E-state index contributed by atoms with van der Waals surface area (Å²) >= 11 is 6.91. The molecule has 3 aromatic carbocycles. The van der Waals surface area contributed by atoms with Gasteiger partial charge in [-0.1, -0.05) is 98.2 Å². The van der Waals surface area contributed by atoms with E-state index < -0.39 is 0 Å². The average molecular weight is 463 g/mol. The number of halogens is 1. The van der Waals surface area contributed by atoms with E-state index in [2.05, 4.69) is 134 Å². The first-order valence-electron chi connectivity index (χ1n) is 11.7. The third-order valence-electron chi connectivity index (χ3n) is 6.00. The smallest absolute Gasteiger partial charge is 0.0875 e. The topological polar surface area (TPSA) is 24.1 Å². The van der Waals surface area contributed by atoms with Crippen LogP contribution >= 0.6 is 11.6 Å². The van der Waals surface area contributed by atoms with Gasteiger partial charge in [-0.3, -0.25) is 0 Å². The largest absolute Gasteiger partial charge is 0.354 e. The molecule has 0 spiro atoms. The Labute approximate surface area is 205 Å². The Morgan fingerprint density at radius 2 is 0.788 bits per heavy atom. The van der Waals surface area contributed by atoms with Crippen LogP contribution in [0.15, 0.2) is 60.7 Å². The van der Waals surface area contributed by atoms with Gasteiger partial charge in [0.05, 0.1) is 16.4 Å². The molecule has 3 heteroatoms. The van der Waals surface area contributed by atoms with E-state index in [-0.39, 0.29) is 16.2 Å². The molecule has 0 aromatic heterocycles. The van der Waals surface area contributed by atoms with Crippen LogP contribution in [0.1, 0.15) is 79.0 Å². The number of benzene rings is 3. The summed E-state index contributed by atoms with van der Waals surface area (Å²) in [5, 5.41) is 7.78. The second-order valence-electron chi connectivity index (χ2n) is 12.0. The highest BCUT2D eigenvalue weighted by Crippen LogP contribution is 2.39. The van der Waals surface area contributed by atoms with Crippen molar-refractivity contribution in [2.75, 3.05) is 10.6 Å². The van der Waals surface area contributed by atoms with Gasteiger partial charge in [0.15, 0.2) is 0 Å². The van der Waals surface area contributed by atoms with E-state index in [0.717, 1.165) is 22.7 Å². The van der Waals surface area contributed by atoms with Gasteiger partial charge >= 0.3 is 0 Å². The highest BCUT2D eigenvalue weighted by molar-refractivity contribution is 6.36. The van der Waals surface area contributed by atoms with Gasteiger partial charge in [0.2, 0.25) is 0 Å². The van der Waals surface area contributed by atoms with Gasteiger partial charge in [-0.15, -0.1) is 0 Å². The Morgan fingerprint density at radius 1 is 0.485 bits per heavy atom. The van der Waals surface area contributed by atoms with Crippen LogP contribution < -0.4 is 10.6 Å². The number of anilines is 4. The quantitative estimate of drug-likeness (QED) is 0.403. The highest BCUT2D eigenvalue weighted by Gasteiger charge is 2.20. The lowest BCUT2D eigenvalue weighted by molar-refractivity contribution is 0.590. The number of hydrogen-bond acceptors (Lipinski definition) is 2. The van der Waals surface area contributed by atoms with Crippen LogP contribution in [0.4, 0.5) is 22.7 Å². The molecule has 0 aliphatic heterocycles. The van der Waals surface area contributed by atoms with Crippen LogP contribution in [0.25, 0.3) is 0 Å². The summed E-state index contributed by atoms with van der Waals surface area (Å²) in [5.41, 5.74) is 7.94. The summed E-state index contributed by atoms with van der Waals surface area (Å²) in [7, 11) is 0. The Morgan fingerprint density at radius 3 is 1.06 bits per heavy atom. The first kappa shape index (κ1) is 25.2. The lowest BCUT2D eigenvalue weighted by Gasteiger charge is -2.24. The van der Waals surface area contributed by atoms with Crippen molar-refractivity contribution in [1.29, 1.82) is 0 Å². The Balaban J connectivity index is 1.95. The van der Waals surface area contributed by atoms with Gasteiger partial charge < -0.3 is 10.6 Å². The number of hydrogen-bond donors (Lipinski definition) is 2. The van der Waals surface area contributed by atoms with Crippen molar-refractivity contribution >= 4 is 34.4 Å². The van der Waals surface area contributed by atoms with Crippen LogP contribution in [-0.4, -0.2) is 0 Å². The molecular weight excluding hydrogens is 424 g/mol. The molecule has 0 heterocycles. The van der Waals surface area contributed by atoms with Gasteiger partial charge in [0.25, 0.3) is 0 Å². The molecule has 0 fully saturated rings. The highest BCUT2D eigenvalue weighted by atomic mass is 35.5. The molecule has 0 atom stereocenters. The van der Waals surface area contributed by atoms with Gasteiger partial charge in [-0.25, -0.2) is 0 Å². The van der Waals surface area contributed by atoms with Crippen molar-refractivity contribution in [3.05, 3.63) is 82.4 Å². The van der Waals surface area contributed by atoms with E-state index in [4.69, 9.17) is 11.6 Å². The van der Waals surface area contributed by atoms with E-state index in [1.165, 1.54) is 16.7 Å². The molecular formula is C30H39ClN2. The predicted molar refractivity (Wildman–Crippen MR) is 147 cm³/mol. The monoisotopic (exact) mass is 462 g/mol. The van der Waals surface area contributed by atoms with Crippen LogP contribution in [-0.2, 0) is 16.2 Å².